The smallest absolute Gasteiger partial charge is 0.355 e. The number of carbonyl (C=O) groups excluding carboxylic acids is 1. The zero-order valence-corrected chi connectivity index (χ0v) is 25.2. The molecule has 1 aliphatic rings. The number of aryl methyl sites for hydroxylation is 1. The van der Waals surface area contributed by atoms with Crippen molar-refractivity contribution in [3.8, 4) is 5.75 Å². The standard InChI is InChI=1S/C33H27N5O4S2/c39-30(37-32-35-26-7-1-2-8-27(26)43-32)24-6-3-5-21-13-15-38(19-25(21)24)33-36-29(31(40)41)28(44-33)9-4-16-42-23-11-10-20-12-14-34-18-22(20)17-23/h1-3,5-8,10-12,14,17-18H,4,9,13,15-16,19H2,(H,40,41)(H,35,37,39). The van der Waals surface area contributed by atoms with Gasteiger partial charge in [-0.05, 0) is 72.2 Å². The number of ether oxygens (including phenoxy) is 1. The van der Waals surface area contributed by atoms with E-state index in [0.717, 1.165) is 44.3 Å². The summed E-state index contributed by atoms with van der Waals surface area (Å²) >= 11 is 2.84. The van der Waals surface area contributed by atoms with Crippen LogP contribution >= 0.6 is 22.7 Å². The number of carbonyl (C=O) groups is 2. The minimum Gasteiger partial charge on any atom is -0.494 e. The molecule has 1 aliphatic heterocycles. The number of pyridine rings is 1. The average molecular weight is 622 g/mol. The summed E-state index contributed by atoms with van der Waals surface area (Å²) in [6.07, 6.45) is 5.47. The van der Waals surface area contributed by atoms with Gasteiger partial charge in [-0.15, -0.1) is 11.3 Å². The summed E-state index contributed by atoms with van der Waals surface area (Å²) in [5.41, 5.74) is 3.54. The number of hydrogen-bond donors (Lipinski definition) is 2. The molecule has 3 aromatic carbocycles. The number of anilines is 2. The maximum atomic E-state index is 13.4. The van der Waals surface area contributed by atoms with E-state index in [4.69, 9.17) is 4.74 Å². The van der Waals surface area contributed by atoms with E-state index in [9.17, 15) is 14.7 Å². The molecule has 220 valence electrons. The largest absolute Gasteiger partial charge is 0.494 e. The Labute approximate surface area is 260 Å². The molecule has 11 heteroatoms. The van der Waals surface area contributed by atoms with Crippen molar-refractivity contribution in [2.24, 2.45) is 0 Å². The lowest BCUT2D eigenvalue weighted by atomic mass is 9.94. The van der Waals surface area contributed by atoms with E-state index in [-0.39, 0.29) is 11.6 Å². The number of aromatic nitrogens is 3. The number of aromatic carboxylic acids is 1. The molecular formula is C33H27N5O4S2. The van der Waals surface area contributed by atoms with Crippen molar-refractivity contribution in [1.82, 2.24) is 15.0 Å². The first-order chi connectivity index (χ1) is 21.5. The Morgan fingerprint density at radius 2 is 1.91 bits per heavy atom. The predicted molar refractivity (Wildman–Crippen MR) is 173 cm³/mol. The Balaban J connectivity index is 1.04. The molecule has 7 rings (SSSR count). The van der Waals surface area contributed by atoms with E-state index < -0.39 is 5.97 Å². The average Bonchev–Trinajstić information content (AvgIpc) is 3.66. The highest BCUT2D eigenvalue weighted by molar-refractivity contribution is 7.22. The highest BCUT2D eigenvalue weighted by Crippen LogP contribution is 2.33. The Morgan fingerprint density at radius 1 is 1.00 bits per heavy atom. The second kappa shape index (κ2) is 12.0. The lowest BCUT2D eigenvalue weighted by Gasteiger charge is -2.29. The van der Waals surface area contributed by atoms with Gasteiger partial charge < -0.3 is 14.7 Å². The van der Waals surface area contributed by atoms with Gasteiger partial charge in [0.25, 0.3) is 5.91 Å². The summed E-state index contributed by atoms with van der Waals surface area (Å²) in [5.74, 6) is -0.501. The monoisotopic (exact) mass is 621 g/mol. The number of benzene rings is 3. The molecule has 0 fully saturated rings. The molecule has 6 aromatic rings. The van der Waals surface area contributed by atoms with Gasteiger partial charge in [-0.2, -0.15) is 0 Å². The first kappa shape index (κ1) is 27.9. The third-order valence-corrected chi connectivity index (χ3v) is 9.75. The van der Waals surface area contributed by atoms with Gasteiger partial charge in [0.15, 0.2) is 16.0 Å². The fourth-order valence-corrected chi connectivity index (χ4v) is 7.41. The molecule has 0 radical (unpaired) electrons. The van der Waals surface area contributed by atoms with Crippen LogP contribution in [0.15, 0.2) is 79.1 Å². The van der Waals surface area contributed by atoms with Crippen molar-refractivity contribution in [3.05, 3.63) is 106 Å². The predicted octanol–water partition coefficient (Wildman–Crippen LogP) is 6.83. The molecule has 1 amide bonds. The Morgan fingerprint density at radius 3 is 2.80 bits per heavy atom. The Hall–Kier alpha value is -4.87. The van der Waals surface area contributed by atoms with E-state index in [0.29, 0.717) is 53.2 Å². The summed E-state index contributed by atoms with van der Waals surface area (Å²) in [7, 11) is 0. The van der Waals surface area contributed by atoms with Crippen molar-refractivity contribution < 1.29 is 19.4 Å². The SMILES string of the molecule is O=C(Nc1nc2ccccc2s1)c1cccc2c1CN(c1nc(C(=O)O)c(CCCOc3ccc4ccncc4c3)s1)CC2. The first-order valence-electron chi connectivity index (χ1n) is 14.2. The normalized spacial score (nSPS) is 12.8. The number of nitrogens with one attached hydrogen (secondary N) is 1. The van der Waals surface area contributed by atoms with Crippen LogP contribution in [0.25, 0.3) is 21.0 Å². The number of rotatable bonds is 9. The van der Waals surface area contributed by atoms with Crippen molar-refractivity contribution >= 4 is 65.8 Å². The minimum atomic E-state index is -1.04. The minimum absolute atomic E-state index is 0.0782. The summed E-state index contributed by atoms with van der Waals surface area (Å²) < 4.78 is 6.96. The highest BCUT2D eigenvalue weighted by atomic mass is 32.1. The van der Waals surface area contributed by atoms with Crippen molar-refractivity contribution in [3.63, 3.8) is 0 Å². The van der Waals surface area contributed by atoms with Crippen LogP contribution in [-0.2, 0) is 19.4 Å². The number of carboxylic acid groups (broad SMARTS) is 1. The van der Waals surface area contributed by atoms with Crippen molar-refractivity contribution in [2.75, 3.05) is 23.4 Å². The number of carboxylic acids is 1. The van der Waals surface area contributed by atoms with E-state index >= 15 is 0 Å². The van der Waals surface area contributed by atoms with Crippen LogP contribution in [0.3, 0.4) is 0 Å². The lowest BCUT2D eigenvalue weighted by molar-refractivity contribution is 0.0690. The second-order valence-corrected chi connectivity index (χ2v) is 12.6. The number of nitrogens with zero attached hydrogens (tertiary/aromatic N) is 4. The molecule has 4 heterocycles. The van der Waals surface area contributed by atoms with E-state index in [1.807, 2.05) is 66.7 Å². The molecule has 0 bridgehead atoms. The zero-order valence-electron chi connectivity index (χ0n) is 23.5. The van der Waals surface area contributed by atoms with E-state index in [1.54, 1.807) is 12.4 Å². The Kier molecular flexibility index (Phi) is 7.63. The van der Waals surface area contributed by atoms with Crippen LogP contribution in [0, 0.1) is 0 Å². The summed E-state index contributed by atoms with van der Waals surface area (Å²) in [4.78, 5) is 41.5. The maximum absolute atomic E-state index is 13.4. The third-order valence-electron chi connectivity index (χ3n) is 7.62. The number of thiazole rings is 2. The molecule has 0 unspecified atom stereocenters. The van der Waals surface area contributed by atoms with Gasteiger partial charge in [-0.1, -0.05) is 41.7 Å². The number of fused-ring (bicyclic) bond motifs is 3. The van der Waals surface area contributed by atoms with E-state index in [1.165, 1.54) is 22.7 Å². The van der Waals surface area contributed by atoms with Crippen LogP contribution in [0.1, 0.15) is 43.3 Å². The van der Waals surface area contributed by atoms with Gasteiger partial charge in [0.2, 0.25) is 0 Å². The fraction of sp³-hybridized carbons (Fsp3) is 0.182. The molecular weight excluding hydrogens is 595 g/mol. The topological polar surface area (TPSA) is 118 Å². The molecule has 0 spiro atoms. The fourth-order valence-electron chi connectivity index (χ4n) is 5.43. The molecule has 9 nitrogen and oxygen atoms in total. The van der Waals surface area contributed by atoms with Crippen LogP contribution in [0.5, 0.6) is 5.75 Å². The molecule has 3 aromatic heterocycles. The molecule has 44 heavy (non-hydrogen) atoms. The van der Waals surface area contributed by atoms with Crippen molar-refractivity contribution in [1.29, 1.82) is 0 Å². The second-order valence-electron chi connectivity index (χ2n) is 10.5. The van der Waals surface area contributed by atoms with Crippen molar-refractivity contribution in [2.45, 2.75) is 25.8 Å². The van der Waals surface area contributed by atoms with Crippen LogP contribution < -0.4 is 15.0 Å². The quantitative estimate of drug-likeness (QED) is 0.169. The summed E-state index contributed by atoms with van der Waals surface area (Å²) in [6.45, 7) is 1.59. The maximum Gasteiger partial charge on any atom is 0.355 e. The van der Waals surface area contributed by atoms with Gasteiger partial charge in [0.1, 0.15) is 5.75 Å². The van der Waals surface area contributed by atoms with Gasteiger partial charge in [-0.25, -0.2) is 14.8 Å². The van der Waals surface area contributed by atoms with Gasteiger partial charge >= 0.3 is 5.97 Å². The molecule has 0 saturated carbocycles. The number of amides is 1. The summed E-state index contributed by atoms with van der Waals surface area (Å²) in [6, 6.07) is 21.4. The lowest BCUT2D eigenvalue weighted by Crippen LogP contribution is -2.32. The molecule has 0 aliphatic carbocycles. The number of para-hydroxylation sites is 1. The van der Waals surface area contributed by atoms with Gasteiger partial charge in [0, 0.05) is 41.3 Å². The first-order valence-corrected chi connectivity index (χ1v) is 15.9. The third kappa shape index (κ3) is 5.71. The van der Waals surface area contributed by atoms with Crippen LogP contribution in [-0.4, -0.2) is 45.1 Å². The van der Waals surface area contributed by atoms with Crippen LogP contribution in [0.2, 0.25) is 0 Å². The van der Waals surface area contributed by atoms with Crippen LogP contribution in [0.4, 0.5) is 10.3 Å². The number of hydrogen-bond acceptors (Lipinski definition) is 9. The molecule has 0 saturated heterocycles. The van der Waals surface area contributed by atoms with E-state index in [2.05, 4.69) is 25.2 Å². The van der Waals surface area contributed by atoms with Gasteiger partial charge in [0.05, 0.1) is 16.8 Å². The molecule has 0 atom stereocenters. The van der Waals surface area contributed by atoms with Gasteiger partial charge in [-0.3, -0.25) is 15.1 Å². The zero-order chi connectivity index (χ0) is 30.0. The summed E-state index contributed by atoms with van der Waals surface area (Å²) in [5, 5.41) is 16.2. The highest BCUT2D eigenvalue weighted by Gasteiger charge is 2.26. The molecule has 2 N–H and O–H groups in total. The Bertz CT molecular complexity index is 1990.